The molecule has 1 amide bonds. The van der Waals surface area contributed by atoms with Gasteiger partial charge in [0, 0.05) is 13.1 Å². The summed E-state index contributed by atoms with van der Waals surface area (Å²) in [7, 11) is 0. The number of aliphatic carboxylic acids is 1. The summed E-state index contributed by atoms with van der Waals surface area (Å²) in [5.74, 6) is 0.530. The van der Waals surface area contributed by atoms with E-state index in [0.29, 0.717) is 19.0 Å². The van der Waals surface area contributed by atoms with Crippen molar-refractivity contribution >= 4 is 12.1 Å². The van der Waals surface area contributed by atoms with Gasteiger partial charge in [0.05, 0.1) is 12.0 Å². The van der Waals surface area contributed by atoms with Gasteiger partial charge in [0.15, 0.2) is 0 Å². The van der Waals surface area contributed by atoms with Gasteiger partial charge >= 0.3 is 12.1 Å². The first kappa shape index (κ1) is 16.1. The average Bonchev–Trinajstić information content (AvgIpc) is 2.94. The molecule has 1 aliphatic carbocycles. The van der Waals surface area contributed by atoms with Gasteiger partial charge in [0.1, 0.15) is 5.60 Å². The molecule has 0 aromatic rings. The van der Waals surface area contributed by atoms with Gasteiger partial charge in [-0.2, -0.15) is 0 Å². The molecule has 0 radical (unpaired) electrons. The van der Waals surface area contributed by atoms with Crippen molar-refractivity contribution in [1.29, 1.82) is 0 Å². The Kier molecular flexibility index (Phi) is 4.19. The number of carbonyl (C=O) groups is 2. The molecule has 0 aromatic carbocycles. The molecule has 120 valence electrons. The summed E-state index contributed by atoms with van der Waals surface area (Å²) in [6.45, 7) is 9.29. The number of carboxylic acids is 1. The smallest absolute Gasteiger partial charge is 0.410 e. The molecule has 2 fully saturated rings. The van der Waals surface area contributed by atoms with Crippen molar-refractivity contribution in [1.82, 2.24) is 10.2 Å². The van der Waals surface area contributed by atoms with E-state index >= 15 is 0 Å². The number of amides is 1. The Morgan fingerprint density at radius 3 is 2.38 bits per heavy atom. The lowest BCUT2D eigenvalue weighted by molar-refractivity contribution is -0.141. The van der Waals surface area contributed by atoms with E-state index in [2.05, 4.69) is 12.2 Å². The second kappa shape index (κ2) is 5.48. The summed E-state index contributed by atoms with van der Waals surface area (Å²) >= 11 is 0. The molecule has 0 bridgehead atoms. The molecule has 0 aromatic heterocycles. The van der Waals surface area contributed by atoms with Gasteiger partial charge in [-0.05, 0) is 45.6 Å². The number of carboxylic acid groups (broad SMARTS) is 1. The summed E-state index contributed by atoms with van der Waals surface area (Å²) in [5.41, 5.74) is -1.02. The SMILES string of the molecule is CC1CC1CNC1(CC(=O)O)CN(C(=O)OC(C)(C)C)C1. The Labute approximate surface area is 125 Å². The lowest BCUT2D eigenvalue weighted by Crippen LogP contribution is -2.71. The number of rotatable bonds is 5. The number of nitrogens with zero attached hydrogens (tertiary/aromatic N) is 1. The van der Waals surface area contributed by atoms with Crippen molar-refractivity contribution in [3.05, 3.63) is 0 Å². The van der Waals surface area contributed by atoms with E-state index in [1.165, 1.54) is 6.42 Å². The van der Waals surface area contributed by atoms with Crippen molar-refractivity contribution < 1.29 is 19.4 Å². The minimum atomic E-state index is -0.838. The second-order valence-electron chi connectivity index (χ2n) is 7.54. The van der Waals surface area contributed by atoms with E-state index < -0.39 is 17.1 Å². The van der Waals surface area contributed by atoms with E-state index in [-0.39, 0.29) is 12.5 Å². The number of carbonyl (C=O) groups excluding carboxylic acids is 1. The first-order valence-corrected chi connectivity index (χ1v) is 7.55. The summed E-state index contributed by atoms with van der Waals surface area (Å²) in [5, 5.41) is 12.5. The maximum Gasteiger partial charge on any atom is 0.410 e. The molecular weight excluding hydrogens is 272 g/mol. The lowest BCUT2D eigenvalue weighted by atomic mass is 9.86. The Morgan fingerprint density at radius 1 is 1.38 bits per heavy atom. The van der Waals surface area contributed by atoms with Crippen LogP contribution < -0.4 is 5.32 Å². The zero-order chi connectivity index (χ0) is 15.8. The standard InChI is InChI=1S/C15H26N2O4/c1-10-5-11(10)7-16-15(6-12(18)19)8-17(9-15)13(20)21-14(2,3)4/h10-11,16H,5-9H2,1-4H3,(H,18,19). The molecule has 2 atom stereocenters. The molecule has 0 spiro atoms. The van der Waals surface area contributed by atoms with Crippen LogP contribution in [0.2, 0.25) is 0 Å². The van der Waals surface area contributed by atoms with Gasteiger partial charge in [-0.15, -0.1) is 0 Å². The minimum absolute atomic E-state index is 0.0351. The van der Waals surface area contributed by atoms with Crippen molar-refractivity contribution in [2.24, 2.45) is 11.8 Å². The highest BCUT2D eigenvalue weighted by atomic mass is 16.6. The summed E-state index contributed by atoms with van der Waals surface area (Å²) < 4.78 is 5.31. The normalized spacial score (nSPS) is 27.0. The highest BCUT2D eigenvalue weighted by molar-refractivity contribution is 5.73. The minimum Gasteiger partial charge on any atom is -0.481 e. The van der Waals surface area contributed by atoms with Crippen molar-refractivity contribution in [2.45, 2.75) is 51.7 Å². The van der Waals surface area contributed by atoms with Crippen molar-refractivity contribution in [3.63, 3.8) is 0 Å². The molecule has 2 rings (SSSR count). The van der Waals surface area contributed by atoms with Crippen LogP contribution in [0.3, 0.4) is 0 Å². The van der Waals surface area contributed by atoms with Crippen LogP contribution in [0.5, 0.6) is 0 Å². The van der Waals surface area contributed by atoms with Crippen LogP contribution in [0.25, 0.3) is 0 Å². The second-order valence-corrected chi connectivity index (χ2v) is 7.54. The summed E-state index contributed by atoms with van der Waals surface area (Å²) in [6, 6.07) is 0. The van der Waals surface area contributed by atoms with Crippen LogP contribution in [0.1, 0.15) is 40.5 Å². The molecule has 6 nitrogen and oxygen atoms in total. The predicted molar refractivity (Wildman–Crippen MR) is 78.1 cm³/mol. The molecule has 1 heterocycles. The zero-order valence-corrected chi connectivity index (χ0v) is 13.3. The third kappa shape index (κ3) is 4.33. The quantitative estimate of drug-likeness (QED) is 0.807. The fraction of sp³-hybridized carbons (Fsp3) is 0.867. The fourth-order valence-electron chi connectivity index (χ4n) is 2.75. The largest absolute Gasteiger partial charge is 0.481 e. The first-order valence-electron chi connectivity index (χ1n) is 7.55. The Bertz CT molecular complexity index is 424. The molecule has 21 heavy (non-hydrogen) atoms. The molecule has 1 aliphatic heterocycles. The van der Waals surface area contributed by atoms with Gasteiger partial charge in [0.25, 0.3) is 0 Å². The fourth-order valence-corrected chi connectivity index (χ4v) is 2.75. The van der Waals surface area contributed by atoms with E-state index in [1.807, 2.05) is 20.8 Å². The molecular formula is C15H26N2O4. The molecule has 6 heteroatoms. The molecule has 1 saturated carbocycles. The maximum atomic E-state index is 11.9. The van der Waals surface area contributed by atoms with E-state index in [4.69, 9.17) is 9.84 Å². The van der Waals surface area contributed by atoms with Gasteiger partial charge in [-0.3, -0.25) is 4.79 Å². The molecule has 2 unspecified atom stereocenters. The van der Waals surface area contributed by atoms with E-state index in [0.717, 1.165) is 12.5 Å². The number of hydrogen-bond donors (Lipinski definition) is 2. The predicted octanol–water partition coefficient (Wildman–Crippen LogP) is 1.70. The van der Waals surface area contributed by atoms with E-state index in [9.17, 15) is 9.59 Å². The summed E-state index contributed by atoms with van der Waals surface area (Å²) in [6.07, 6.45) is 0.865. The van der Waals surface area contributed by atoms with Gasteiger partial charge in [-0.25, -0.2) is 4.79 Å². The van der Waals surface area contributed by atoms with Crippen molar-refractivity contribution in [2.75, 3.05) is 19.6 Å². The first-order chi connectivity index (χ1) is 9.60. The number of hydrogen-bond acceptors (Lipinski definition) is 4. The number of likely N-dealkylation sites (tertiary alicyclic amines) is 1. The van der Waals surface area contributed by atoms with E-state index in [1.54, 1.807) is 4.90 Å². The molecule has 2 N–H and O–H groups in total. The maximum absolute atomic E-state index is 11.9. The Morgan fingerprint density at radius 2 is 1.95 bits per heavy atom. The van der Waals surface area contributed by atoms with Gasteiger partial charge < -0.3 is 20.1 Å². The third-order valence-corrected chi connectivity index (χ3v) is 4.14. The highest BCUT2D eigenvalue weighted by Gasteiger charge is 2.48. The average molecular weight is 298 g/mol. The zero-order valence-electron chi connectivity index (χ0n) is 13.3. The van der Waals surface area contributed by atoms with Gasteiger partial charge in [-0.1, -0.05) is 6.92 Å². The Balaban J connectivity index is 1.86. The molecule has 2 aliphatic rings. The number of nitrogens with one attached hydrogen (secondary N) is 1. The monoisotopic (exact) mass is 298 g/mol. The van der Waals surface area contributed by atoms with Crippen LogP contribution in [-0.2, 0) is 9.53 Å². The van der Waals surface area contributed by atoms with Gasteiger partial charge in [0.2, 0.25) is 0 Å². The van der Waals surface area contributed by atoms with Crippen LogP contribution in [-0.4, -0.2) is 52.8 Å². The van der Waals surface area contributed by atoms with Crippen LogP contribution >= 0.6 is 0 Å². The van der Waals surface area contributed by atoms with Crippen LogP contribution in [0.4, 0.5) is 4.79 Å². The van der Waals surface area contributed by atoms with Crippen molar-refractivity contribution in [3.8, 4) is 0 Å². The molecule has 1 saturated heterocycles. The Hall–Kier alpha value is -1.30. The van der Waals surface area contributed by atoms with Crippen LogP contribution in [0, 0.1) is 11.8 Å². The third-order valence-electron chi connectivity index (χ3n) is 4.14. The lowest BCUT2D eigenvalue weighted by Gasteiger charge is -2.49. The van der Waals surface area contributed by atoms with Crippen LogP contribution in [0.15, 0.2) is 0 Å². The topological polar surface area (TPSA) is 78.9 Å². The highest BCUT2D eigenvalue weighted by Crippen LogP contribution is 2.38. The number of ether oxygens (including phenoxy) is 1. The summed E-state index contributed by atoms with van der Waals surface area (Å²) in [4.78, 5) is 24.6.